The Balaban J connectivity index is 1.65. The summed E-state index contributed by atoms with van der Waals surface area (Å²) in [7, 11) is 1.79. The van der Waals surface area contributed by atoms with Gasteiger partial charge in [-0.25, -0.2) is 4.68 Å². The van der Waals surface area contributed by atoms with E-state index in [-0.39, 0.29) is 5.91 Å². The molecular weight excluding hydrogens is 286 g/mol. The quantitative estimate of drug-likeness (QED) is 0.796. The fraction of sp³-hybridized carbons (Fsp3) is 0.857. The summed E-state index contributed by atoms with van der Waals surface area (Å²) in [5.41, 5.74) is 0.631. The summed E-state index contributed by atoms with van der Waals surface area (Å²) in [5, 5.41) is 12.0. The van der Waals surface area contributed by atoms with Gasteiger partial charge in [-0.3, -0.25) is 4.79 Å². The summed E-state index contributed by atoms with van der Waals surface area (Å²) in [6, 6.07) is 0.407. The van der Waals surface area contributed by atoms with Crippen LogP contribution in [0.25, 0.3) is 0 Å². The van der Waals surface area contributed by atoms with Gasteiger partial charge in [-0.05, 0) is 40.5 Å². The van der Waals surface area contributed by atoms with Gasteiger partial charge in [0.05, 0.1) is 5.75 Å². The zero-order valence-corrected chi connectivity index (χ0v) is 14.0. The van der Waals surface area contributed by atoms with Crippen molar-refractivity contribution in [1.82, 2.24) is 25.1 Å². The van der Waals surface area contributed by atoms with Gasteiger partial charge < -0.3 is 4.90 Å². The molecule has 1 aliphatic heterocycles. The molecule has 0 aromatic carbocycles. The largest absolute Gasteiger partial charge is 0.338 e. The smallest absolute Gasteiger partial charge is 0.233 e. The lowest BCUT2D eigenvalue weighted by atomic mass is 9.65. The molecule has 1 saturated heterocycles. The first-order valence-corrected chi connectivity index (χ1v) is 8.41. The number of amides is 1. The van der Waals surface area contributed by atoms with E-state index in [1.54, 1.807) is 11.7 Å². The Labute approximate surface area is 129 Å². The van der Waals surface area contributed by atoms with Crippen molar-refractivity contribution in [2.75, 3.05) is 12.3 Å². The number of carbonyl (C=O) groups is 1. The first-order valence-electron chi connectivity index (χ1n) is 7.43. The summed E-state index contributed by atoms with van der Waals surface area (Å²) in [4.78, 5) is 14.7. The number of aromatic nitrogens is 4. The molecule has 2 bridgehead atoms. The molecule has 2 aliphatic rings. The normalized spacial score (nSPS) is 30.7. The molecule has 7 heteroatoms. The van der Waals surface area contributed by atoms with Gasteiger partial charge in [-0.2, -0.15) is 0 Å². The van der Waals surface area contributed by atoms with E-state index in [0.29, 0.717) is 27.8 Å². The van der Waals surface area contributed by atoms with Crippen LogP contribution in [0.2, 0.25) is 0 Å². The molecule has 2 fully saturated rings. The first-order chi connectivity index (χ1) is 9.78. The number of tetrazole rings is 1. The fourth-order valence-electron chi connectivity index (χ4n) is 4.30. The van der Waals surface area contributed by atoms with Crippen LogP contribution in [0.5, 0.6) is 0 Å². The number of rotatable bonds is 3. The molecule has 2 heterocycles. The second-order valence-corrected chi connectivity index (χ2v) is 8.55. The maximum Gasteiger partial charge on any atom is 0.233 e. The molecule has 21 heavy (non-hydrogen) atoms. The van der Waals surface area contributed by atoms with E-state index < -0.39 is 0 Å². The van der Waals surface area contributed by atoms with Crippen molar-refractivity contribution in [1.29, 1.82) is 0 Å². The highest BCUT2D eigenvalue weighted by molar-refractivity contribution is 7.99. The zero-order valence-electron chi connectivity index (χ0n) is 13.2. The molecular formula is C14H23N5OS. The van der Waals surface area contributed by atoms with E-state index >= 15 is 0 Å². The van der Waals surface area contributed by atoms with Gasteiger partial charge in [0.25, 0.3) is 0 Å². The molecule has 0 spiro atoms. The van der Waals surface area contributed by atoms with Crippen LogP contribution in [0.1, 0.15) is 40.0 Å². The van der Waals surface area contributed by atoms with Gasteiger partial charge >= 0.3 is 0 Å². The maximum absolute atomic E-state index is 12.6. The van der Waals surface area contributed by atoms with Crippen molar-refractivity contribution in [3.05, 3.63) is 0 Å². The molecule has 6 nitrogen and oxygen atoms in total. The SMILES string of the molecule is Cn1nnnc1SCC(=O)N1C[C@@]2(C)C[C@@H]1CC(C)(C)C2. The Morgan fingerprint density at radius 2 is 2.14 bits per heavy atom. The van der Waals surface area contributed by atoms with Crippen LogP contribution in [0.15, 0.2) is 5.16 Å². The number of hydrogen-bond donors (Lipinski definition) is 0. The van der Waals surface area contributed by atoms with Crippen molar-refractivity contribution in [3.63, 3.8) is 0 Å². The number of fused-ring (bicyclic) bond motifs is 2. The van der Waals surface area contributed by atoms with Crippen LogP contribution in [0.4, 0.5) is 0 Å². The summed E-state index contributed by atoms with van der Waals surface area (Å²) >= 11 is 1.42. The topological polar surface area (TPSA) is 63.9 Å². The third-order valence-electron chi connectivity index (χ3n) is 4.64. The number of hydrogen-bond acceptors (Lipinski definition) is 5. The van der Waals surface area contributed by atoms with Crippen molar-refractivity contribution in [2.24, 2.45) is 17.9 Å². The second-order valence-electron chi connectivity index (χ2n) is 7.61. The number of thioether (sulfide) groups is 1. The van der Waals surface area contributed by atoms with Gasteiger partial charge in [0.1, 0.15) is 0 Å². The van der Waals surface area contributed by atoms with Crippen LogP contribution in [0, 0.1) is 10.8 Å². The van der Waals surface area contributed by atoms with E-state index in [2.05, 4.69) is 41.2 Å². The average Bonchev–Trinajstić information content (AvgIpc) is 2.86. The molecule has 1 aromatic heterocycles. The van der Waals surface area contributed by atoms with Crippen LogP contribution in [-0.2, 0) is 11.8 Å². The van der Waals surface area contributed by atoms with Crippen LogP contribution >= 0.6 is 11.8 Å². The minimum atomic E-state index is 0.217. The first kappa shape index (κ1) is 14.8. The molecule has 1 saturated carbocycles. The number of carbonyl (C=O) groups excluding carboxylic acids is 1. The highest BCUT2D eigenvalue weighted by Crippen LogP contribution is 2.52. The lowest BCUT2D eigenvalue weighted by Gasteiger charge is -2.39. The monoisotopic (exact) mass is 309 g/mol. The maximum atomic E-state index is 12.6. The van der Waals surface area contributed by atoms with E-state index in [1.165, 1.54) is 18.2 Å². The highest BCUT2D eigenvalue weighted by atomic mass is 32.2. The van der Waals surface area contributed by atoms with Gasteiger partial charge in [0.15, 0.2) is 0 Å². The summed E-state index contributed by atoms with van der Waals surface area (Å²) in [5.74, 6) is 0.635. The lowest BCUT2D eigenvalue weighted by molar-refractivity contribution is -0.129. The van der Waals surface area contributed by atoms with Gasteiger partial charge in [-0.15, -0.1) is 5.10 Å². The predicted molar refractivity (Wildman–Crippen MR) is 80.8 cm³/mol. The van der Waals surface area contributed by atoms with Crippen LogP contribution < -0.4 is 0 Å². The van der Waals surface area contributed by atoms with E-state index in [4.69, 9.17) is 0 Å². The lowest BCUT2D eigenvalue weighted by Crippen LogP contribution is -2.38. The van der Waals surface area contributed by atoms with Gasteiger partial charge in [0.2, 0.25) is 11.1 Å². The summed E-state index contributed by atoms with van der Waals surface area (Å²) in [6.07, 6.45) is 3.48. The summed E-state index contributed by atoms with van der Waals surface area (Å²) < 4.78 is 1.60. The zero-order chi connectivity index (χ0) is 15.3. The third kappa shape index (κ3) is 2.93. The van der Waals surface area contributed by atoms with Crippen molar-refractivity contribution >= 4 is 17.7 Å². The fourth-order valence-corrected chi connectivity index (χ4v) is 5.04. The molecule has 0 radical (unpaired) electrons. The van der Waals surface area contributed by atoms with Crippen molar-refractivity contribution in [2.45, 2.75) is 51.2 Å². The Bertz CT molecular complexity index is 557. The Morgan fingerprint density at radius 3 is 2.81 bits per heavy atom. The molecule has 0 unspecified atom stereocenters. The van der Waals surface area contributed by atoms with E-state index in [9.17, 15) is 4.79 Å². The van der Waals surface area contributed by atoms with Crippen LogP contribution in [0.3, 0.4) is 0 Å². The Morgan fingerprint density at radius 1 is 1.38 bits per heavy atom. The van der Waals surface area contributed by atoms with Crippen LogP contribution in [-0.4, -0.2) is 49.4 Å². The molecule has 1 aliphatic carbocycles. The second kappa shape index (κ2) is 4.97. The molecule has 2 atom stereocenters. The molecule has 116 valence electrons. The van der Waals surface area contributed by atoms with E-state index in [1.807, 2.05) is 0 Å². The van der Waals surface area contributed by atoms with Crippen molar-refractivity contribution < 1.29 is 4.79 Å². The highest BCUT2D eigenvalue weighted by Gasteiger charge is 2.50. The third-order valence-corrected chi connectivity index (χ3v) is 5.64. The minimum Gasteiger partial charge on any atom is -0.338 e. The number of aryl methyl sites for hydroxylation is 1. The summed E-state index contributed by atoms with van der Waals surface area (Å²) in [6.45, 7) is 7.88. The molecule has 1 aromatic rings. The Hall–Kier alpha value is -1.11. The minimum absolute atomic E-state index is 0.217. The standard InChI is InChI=1S/C14H23N5OS/c1-13(2)5-10-6-14(3,8-13)9-19(10)11(20)7-21-12-15-16-17-18(12)4/h10H,5-9H2,1-4H3/t10-,14-/m0/s1. The number of nitrogens with zero attached hydrogens (tertiary/aromatic N) is 5. The number of likely N-dealkylation sites (tertiary alicyclic amines) is 1. The average molecular weight is 309 g/mol. The van der Waals surface area contributed by atoms with E-state index in [0.717, 1.165) is 19.4 Å². The molecule has 3 rings (SSSR count). The van der Waals surface area contributed by atoms with Gasteiger partial charge in [0, 0.05) is 19.6 Å². The molecule has 0 N–H and O–H groups in total. The van der Waals surface area contributed by atoms with Gasteiger partial charge in [-0.1, -0.05) is 32.5 Å². The van der Waals surface area contributed by atoms with Crippen molar-refractivity contribution in [3.8, 4) is 0 Å². The predicted octanol–water partition coefficient (Wildman–Crippen LogP) is 1.73. The molecule has 1 amide bonds. The Kier molecular flexibility index (Phi) is 3.50.